The summed E-state index contributed by atoms with van der Waals surface area (Å²) in [5.41, 5.74) is 0. The predicted octanol–water partition coefficient (Wildman–Crippen LogP) is 0.248. The maximum absolute atomic E-state index is 11.6. The largest absolute Gasteiger partial charge is 0.343 e. The fourth-order valence-electron chi connectivity index (χ4n) is 2.57. The zero-order valence-corrected chi connectivity index (χ0v) is 9.70. The van der Waals surface area contributed by atoms with Crippen molar-refractivity contribution in [2.45, 2.75) is 38.4 Å². The van der Waals surface area contributed by atoms with Crippen LogP contribution in [0.1, 0.15) is 26.2 Å². The van der Waals surface area contributed by atoms with Crippen molar-refractivity contribution in [3.05, 3.63) is 0 Å². The van der Waals surface area contributed by atoms with Crippen molar-refractivity contribution in [3.63, 3.8) is 0 Å². The van der Waals surface area contributed by atoms with Crippen LogP contribution in [0, 0.1) is 0 Å². The average Bonchev–Trinajstić information content (AvgIpc) is 2.25. The van der Waals surface area contributed by atoms with Crippen LogP contribution >= 0.6 is 0 Å². The van der Waals surface area contributed by atoms with Crippen LogP contribution in [0.5, 0.6) is 0 Å². The van der Waals surface area contributed by atoms with Gasteiger partial charge >= 0.3 is 0 Å². The number of hydrogen-bond donors (Lipinski definition) is 1. The third-order valence-corrected chi connectivity index (χ3v) is 3.53. The van der Waals surface area contributed by atoms with Crippen LogP contribution in [-0.4, -0.2) is 54.6 Å². The van der Waals surface area contributed by atoms with Crippen LogP contribution in [-0.2, 0) is 4.79 Å². The number of nitrogens with one attached hydrogen (secondary N) is 1. The smallest absolute Gasteiger partial charge is 0.236 e. The quantitative estimate of drug-likeness (QED) is 0.675. The minimum Gasteiger partial charge on any atom is -0.343 e. The lowest BCUT2D eigenvalue weighted by Crippen LogP contribution is -2.61. The second-order valence-electron chi connectivity index (χ2n) is 4.76. The first-order valence-corrected chi connectivity index (χ1v) is 5.91. The molecule has 0 bridgehead atoms. The van der Waals surface area contributed by atoms with E-state index < -0.39 is 0 Å². The highest BCUT2D eigenvalue weighted by atomic mass is 16.2. The first-order chi connectivity index (χ1) is 7.18. The molecule has 0 radical (unpaired) electrons. The third-order valence-electron chi connectivity index (χ3n) is 3.53. The Kier molecular flexibility index (Phi) is 3.26. The normalized spacial score (nSPS) is 34.5. The Hall–Kier alpha value is -0.610. The highest BCUT2D eigenvalue weighted by Gasteiger charge is 2.32. The van der Waals surface area contributed by atoms with Crippen molar-refractivity contribution in [1.82, 2.24) is 15.1 Å². The highest BCUT2D eigenvalue weighted by molar-refractivity contribution is 5.78. The Morgan fingerprint density at radius 2 is 2.20 bits per heavy atom. The maximum Gasteiger partial charge on any atom is 0.236 e. The van der Waals surface area contributed by atoms with Gasteiger partial charge in [-0.3, -0.25) is 9.69 Å². The zero-order valence-electron chi connectivity index (χ0n) is 9.70. The van der Waals surface area contributed by atoms with Crippen LogP contribution in [0.2, 0.25) is 0 Å². The molecular weight excluding hydrogens is 190 g/mol. The molecule has 2 unspecified atom stereocenters. The number of piperidine rings is 1. The van der Waals surface area contributed by atoms with Gasteiger partial charge in [-0.05, 0) is 32.7 Å². The highest BCUT2D eigenvalue weighted by Crippen LogP contribution is 2.17. The van der Waals surface area contributed by atoms with E-state index in [9.17, 15) is 4.79 Å². The summed E-state index contributed by atoms with van der Waals surface area (Å²) in [7, 11) is 1.89. The SMILES string of the molecule is CC1CN(C)C(=O)CN1C1CCCCN1. The van der Waals surface area contributed by atoms with E-state index in [0.717, 1.165) is 13.1 Å². The Morgan fingerprint density at radius 1 is 1.40 bits per heavy atom. The molecule has 4 nitrogen and oxygen atoms in total. The van der Waals surface area contributed by atoms with Crippen molar-refractivity contribution >= 4 is 5.91 Å². The van der Waals surface area contributed by atoms with Gasteiger partial charge in [0.15, 0.2) is 0 Å². The zero-order chi connectivity index (χ0) is 10.8. The Labute approximate surface area is 91.6 Å². The van der Waals surface area contributed by atoms with Crippen molar-refractivity contribution in [1.29, 1.82) is 0 Å². The molecule has 2 rings (SSSR count). The Bertz CT molecular complexity index is 238. The molecule has 2 aliphatic rings. The van der Waals surface area contributed by atoms with Crippen molar-refractivity contribution in [3.8, 4) is 0 Å². The molecule has 0 aromatic rings. The number of carbonyl (C=O) groups is 1. The average molecular weight is 211 g/mol. The molecule has 4 heteroatoms. The van der Waals surface area contributed by atoms with E-state index in [-0.39, 0.29) is 5.91 Å². The lowest BCUT2D eigenvalue weighted by molar-refractivity contribution is -0.138. The molecule has 0 aromatic heterocycles. The van der Waals surface area contributed by atoms with Gasteiger partial charge in [0, 0.05) is 19.6 Å². The first-order valence-electron chi connectivity index (χ1n) is 5.91. The Balaban J connectivity index is 1.98. The standard InChI is InChI=1S/C11H21N3O/c1-9-7-13(2)11(15)8-14(9)10-5-3-4-6-12-10/h9-10,12H,3-8H2,1-2H3. The molecule has 15 heavy (non-hydrogen) atoms. The van der Waals surface area contributed by atoms with Crippen LogP contribution in [0.3, 0.4) is 0 Å². The van der Waals surface area contributed by atoms with E-state index in [1.807, 2.05) is 11.9 Å². The van der Waals surface area contributed by atoms with E-state index in [4.69, 9.17) is 0 Å². The van der Waals surface area contributed by atoms with E-state index in [1.54, 1.807) is 0 Å². The topological polar surface area (TPSA) is 35.6 Å². The number of likely N-dealkylation sites (N-methyl/N-ethyl adjacent to an activating group) is 1. The molecule has 1 amide bonds. The fraction of sp³-hybridized carbons (Fsp3) is 0.909. The molecule has 2 fully saturated rings. The number of piperazine rings is 1. The number of nitrogens with zero attached hydrogens (tertiary/aromatic N) is 2. The molecule has 2 saturated heterocycles. The number of rotatable bonds is 1. The molecule has 1 N–H and O–H groups in total. The number of amides is 1. The molecular formula is C11H21N3O. The summed E-state index contributed by atoms with van der Waals surface area (Å²) in [6.45, 7) is 4.74. The van der Waals surface area contributed by atoms with Crippen LogP contribution < -0.4 is 5.32 Å². The fourth-order valence-corrected chi connectivity index (χ4v) is 2.57. The molecule has 2 aliphatic heterocycles. The van der Waals surface area contributed by atoms with Gasteiger partial charge in [-0.2, -0.15) is 0 Å². The molecule has 0 aliphatic carbocycles. The minimum absolute atomic E-state index is 0.250. The number of hydrogen-bond acceptors (Lipinski definition) is 3. The summed E-state index contributed by atoms with van der Waals surface area (Å²) in [6.07, 6.45) is 4.16. The van der Waals surface area contributed by atoms with Gasteiger partial charge in [0.05, 0.1) is 12.7 Å². The molecule has 0 saturated carbocycles. The predicted molar refractivity (Wildman–Crippen MR) is 59.4 cm³/mol. The van der Waals surface area contributed by atoms with E-state index in [2.05, 4.69) is 17.1 Å². The molecule has 2 atom stereocenters. The van der Waals surface area contributed by atoms with Gasteiger partial charge in [-0.25, -0.2) is 0 Å². The first kappa shape index (κ1) is 10.9. The van der Waals surface area contributed by atoms with E-state index >= 15 is 0 Å². The van der Waals surface area contributed by atoms with Gasteiger partial charge in [-0.15, -0.1) is 0 Å². The second-order valence-corrected chi connectivity index (χ2v) is 4.76. The van der Waals surface area contributed by atoms with Gasteiger partial charge < -0.3 is 10.2 Å². The van der Waals surface area contributed by atoms with Gasteiger partial charge in [0.25, 0.3) is 0 Å². The van der Waals surface area contributed by atoms with Gasteiger partial charge in [-0.1, -0.05) is 0 Å². The van der Waals surface area contributed by atoms with E-state index in [1.165, 1.54) is 19.3 Å². The second kappa shape index (κ2) is 4.49. The van der Waals surface area contributed by atoms with Gasteiger partial charge in [0.1, 0.15) is 0 Å². The minimum atomic E-state index is 0.250. The van der Waals surface area contributed by atoms with Gasteiger partial charge in [0.2, 0.25) is 5.91 Å². The lowest BCUT2D eigenvalue weighted by atomic mass is 10.1. The number of carbonyl (C=O) groups excluding carboxylic acids is 1. The molecule has 0 aromatic carbocycles. The summed E-state index contributed by atoms with van der Waals surface area (Å²) >= 11 is 0. The van der Waals surface area contributed by atoms with E-state index in [0.29, 0.717) is 18.8 Å². The summed E-state index contributed by atoms with van der Waals surface area (Å²) in [4.78, 5) is 15.8. The summed E-state index contributed by atoms with van der Waals surface area (Å²) in [5, 5.41) is 3.51. The maximum atomic E-state index is 11.6. The lowest BCUT2D eigenvalue weighted by Gasteiger charge is -2.43. The van der Waals surface area contributed by atoms with Crippen LogP contribution in [0.25, 0.3) is 0 Å². The molecule has 0 spiro atoms. The molecule has 86 valence electrons. The van der Waals surface area contributed by atoms with Crippen LogP contribution in [0.4, 0.5) is 0 Å². The van der Waals surface area contributed by atoms with Crippen molar-refractivity contribution < 1.29 is 4.79 Å². The van der Waals surface area contributed by atoms with Crippen molar-refractivity contribution in [2.75, 3.05) is 26.7 Å². The summed E-state index contributed by atoms with van der Waals surface area (Å²) in [6, 6.07) is 0.475. The van der Waals surface area contributed by atoms with Crippen molar-refractivity contribution in [2.24, 2.45) is 0 Å². The van der Waals surface area contributed by atoms with Crippen LogP contribution in [0.15, 0.2) is 0 Å². The molecule has 2 heterocycles. The summed E-state index contributed by atoms with van der Waals surface area (Å²) in [5.74, 6) is 0.250. The monoisotopic (exact) mass is 211 g/mol. The third kappa shape index (κ3) is 2.32. The summed E-state index contributed by atoms with van der Waals surface area (Å²) < 4.78 is 0. The Morgan fingerprint density at radius 3 is 2.87 bits per heavy atom.